The van der Waals surface area contributed by atoms with Gasteiger partial charge >= 0.3 is 0 Å². The third kappa shape index (κ3) is 2.42. The molecule has 0 saturated carbocycles. The summed E-state index contributed by atoms with van der Waals surface area (Å²) in [6.07, 6.45) is 1.02. The molecule has 0 aromatic heterocycles. The van der Waals surface area contributed by atoms with Crippen molar-refractivity contribution in [1.29, 1.82) is 0 Å². The molecular formula is C10H12O3S. The minimum atomic E-state index is -3.15. The van der Waals surface area contributed by atoms with Gasteiger partial charge in [-0.15, -0.1) is 0 Å². The maximum atomic E-state index is 11.5. The quantitative estimate of drug-likeness (QED) is 0.705. The molecule has 0 unspecified atom stereocenters. The van der Waals surface area contributed by atoms with Crippen LogP contribution in [0.25, 0.3) is 0 Å². The Bertz CT molecular complexity index is 421. The van der Waals surface area contributed by atoms with Crippen molar-refractivity contribution in [3.8, 4) is 0 Å². The predicted octanol–water partition coefficient (Wildman–Crippen LogP) is 1.22. The lowest BCUT2D eigenvalue weighted by molar-refractivity contribution is -0.107. The molecule has 1 aromatic carbocycles. The van der Waals surface area contributed by atoms with Gasteiger partial charge < -0.3 is 4.79 Å². The Kier molecular flexibility index (Phi) is 3.41. The lowest BCUT2D eigenvalue weighted by Gasteiger charge is -2.02. The van der Waals surface area contributed by atoms with Gasteiger partial charge in [0.2, 0.25) is 0 Å². The number of carbonyl (C=O) groups is 1. The molecule has 0 spiro atoms. The summed E-state index contributed by atoms with van der Waals surface area (Å²) in [5.74, 6) is 0.0809. The maximum absolute atomic E-state index is 11.5. The lowest BCUT2D eigenvalue weighted by atomic mass is 10.2. The molecule has 0 N–H and O–H groups in total. The van der Waals surface area contributed by atoms with Gasteiger partial charge in [-0.1, -0.05) is 19.1 Å². The van der Waals surface area contributed by atoms with Gasteiger partial charge in [0.05, 0.1) is 10.6 Å². The molecule has 1 aromatic rings. The Morgan fingerprint density at radius 1 is 1.36 bits per heavy atom. The molecule has 0 aliphatic heterocycles. The van der Waals surface area contributed by atoms with Crippen LogP contribution >= 0.6 is 0 Å². The fourth-order valence-electron chi connectivity index (χ4n) is 1.13. The van der Waals surface area contributed by atoms with Crippen molar-refractivity contribution in [3.63, 3.8) is 0 Å². The molecular weight excluding hydrogens is 200 g/mol. The Morgan fingerprint density at radius 3 is 2.64 bits per heavy atom. The van der Waals surface area contributed by atoms with Crippen LogP contribution in [0.5, 0.6) is 0 Å². The second-order valence-corrected chi connectivity index (χ2v) is 5.20. The first-order valence-electron chi connectivity index (χ1n) is 4.35. The molecule has 0 saturated heterocycles. The van der Waals surface area contributed by atoms with Crippen LogP contribution in [0, 0.1) is 0 Å². The number of sulfone groups is 1. The summed E-state index contributed by atoms with van der Waals surface area (Å²) in [4.78, 5) is 10.5. The second kappa shape index (κ2) is 4.37. The zero-order valence-electron chi connectivity index (χ0n) is 7.93. The molecule has 3 nitrogen and oxygen atoms in total. The summed E-state index contributed by atoms with van der Waals surface area (Å²) in [5.41, 5.74) is 0.731. The van der Waals surface area contributed by atoms with Crippen LogP contribution in [-0.4, -0.2) is 20.5 Å². The van der Waals surface area contributed by atoms with Gasteiger partial charge in [0.15, 0.2) is 9.84 Å². The highest BCUT2D eigenvalue weighted by Gasteiger charge is 2.10. The van der Waals surface area contributed by atoms with Crippen LogP contribution in [0.1, 0.15) is 12.5 Å². The first-order valence-corrected chi connectivity index (χ1v) is 6.00. The van der Waals surface area contributed by atoms with Gasteiger partial charge in [0, 0.05) is 6.42 Å². The first-order chi connectivity index (χ1) is 6.60. The standard InChI is InChI=1S/C10H12O3S/c1-2-14(12,13)10-5-3-4-9(8-10)6-7-11/h3-5,7-8H,2,6H2,1H3. The highest BCUT2D eigenvalue weighted by atomic mass is 32.2. The zero-order valence-corrected chi connectivity index (χ0v) is 8.75. The van der Waals surface area contributed by atoms with E-state index in [4.69, 9.17) is 0 Å². The van der Waals surface area contributed by atoms with E-state index in [0.717, 1.165) is 11.8 Å². The summed E-state index contributed by atoms with van der Waals surface area (Å²) in [7, 11) is -3.15. The molecule has 0 amide bonds. The number of benzene rings is 1. The largest absolute Gasteiger partial charge is 0.303 e. The first kappa shape index (κ1) is 10.9. The molecule has 0 aliphatic rings. The average Bonchev–Trinajstić information content (AvgIpc) is 2.19. The molecule has 14 heavy (non-hydrogen) atoms. The SMILES string of the molecule is CCS(=O)(=O)c1cccc(CC=O)c1. The molecule has 76 valence electrons. The van der Waals surface area contributed by atoms with E-state index < -0.39 is 9.84 Å². The van der Waals surface area contributed by atoms with Crippen molar-refractivity contribution < 1.29 is 13.2 Å². The minimum absolute atomic E-state index is 0.0809. The van der Waals surface area contributed by atoms with Crippen molar-refractivity contribution in [3.05, 3.63) is 29.8 Å². The second-order valence-electron chi connectivity index (χ2n) is 2.92. The van der Waals surface area contributed by atoms with Gasteiger partial charge in [-0.05, 0) is 17.7 Å². The van der Waals surface area contributed by atoms with Crippen LogP contribution in [0.2, 0.25) is 0 Å². The topological polar surface area (TPSA) is 51.2 Å². The Morgan fingerprint density at radius 2 is 2.07 bits per heavy atom. The number of hydrogen-bond donors (Lipinski definition) is 0. The predicted molar refractivity (Wildman–Crippen MR) is 53.9 cm³/mol. The van der Waals surface area contributed by atoms with E-state index >= 15 is 0 Å². The van der Waals surface area contributed by atoms with Crippen LogP contribution in [0.15, 0.2) is 29.2 Å². The van der Waals surface area contributed by atoms with E-state index in [2.05, 4.69) is 0 Å². The molecule has 0 aliphatic carbocycles. The van der Waals surface area contributed by atoms with E-state index in [9.17, 15) is 13.2 Å². The van der Waals surface area contributed by atoms with E-state index in [1.807, 2.05) is 0 Å². The van der Waals surface area contributed by atoms with Crippen molar-refractivity contribution >= 4 is 16.1 Å². The van der Waals surface area contributed by atoms with E-state index in [1.54, 1.807) is 31.2 Å². The molecule has 0 radical (unpaired) electrons. The normalized spacial score (nSPS) is 11.2. The van der Waals surface area contributed by atoms with Crippen molar-refractivity contribution in [2.45, 2.75) is 18.2 Å². The third-order valence-electron chi connectivity index (χ3n) is 1.96. The number of aldehydes is 1. The summed E-state index contributed by atoms with van der Waals surface area (Å²) >= 11 is 0. The average molecular weight is 212 g/mol. The van der Waals surface area contributed by atoms with Crippen molar-refractivity contribution in [2.75, 3.05) is 5.75 Å². The maximum Gasteiger partial charge on any atom is 0.178 e. The molecule has 1 rings (SSSR count). The monoisotopic (exact) mass is 212 g/mol. The highest BCUT2D eigenvalue weighted by molar-refractivity contribution is 7.91. The van der Waals surface area contributed by atoms with Crippen LogP contribution in [0.3, 0.4) is 0 Å². The van der Waals surface area contributed by atoms with E-state index in [1.165, 1.54) is 0 Å². The zero-order chi connectivity index (χ0) is 10.6. The van der Waals surface area contributed by atoms with Gasteiger partial charge in [-0.2, -0.15) is 0 Å². The van der Waals surface area contributed by atoms with Gasteiger partial charge in [0.25, 0.3) is 0 Å². The molecule has 0 fully saturated rings. The number of carbonyl (C=O) groups excluding carboxylic acids is 1. The molecule has 0 heterocycles. The number of rotatable bonds is 4. The Balaban J connectivity index is 3.12. The summed E-state index contributed by atoms with van der Waals surface area (Å²) < 4.78 is 22.9. The Hall–Kier alpha value is -1.16. The highest BCUT2D eigenvalue weighted by Crippen LogP contribution is 2.13. The van der Waals surface area contributed by atoms with Crippen molar-refractivity contribution in [1.82, 2.24) is 0 Å². The van der Waals surface area contributed by atoms with Crippen LogP contribution in [0.4, 0.5) is 0 Å². The molecule has 0 bridgehead atoms. The fourth-order valence-corrected chi connectivity index (χ4v) is 2.08. The van der Waals surface area contributed by atoms with Crippen molar-refractivity contribution in [2.24, 2.45) is 0 Å². The van der Waals surface area contributed by atoms with Crippen LogP contribution < -0.4 is 0 Å². The third-order valence-corrected chi connectivity index (χ3v) is 3.69. The lowest BCUT2D eigenvalue weighted by Crippen LogP contribution is -2.04. The van der Waals surface area contributed by atoms with Gasteiger partial charge in [-0.25, -0.2) is 8.42 Å². The van der Waals surface area contributed by atoms with E-state index in [-0.39, 0.29) is 12.2 Å². The number of hydrogen-bond acceptors (Lipinski definition) is 3. The summed E-state index contributed by atoms with van der Waals surface area (Å²) in [6, 6.07) is 6.49. The minimum Gasteiger partial charge on any atom is -0.303 e. The van der Waals surface area contributed by atoms with E-state index in [0.29, 0.717) is 4.90 Å². The summed E-state index contributed by atoms with van der Waals surface area (Å²) in [6.45, 7) is 1.60. The van der Waals surface area contributed by atoms with Crippen LogP contribution in [-0.2, 0) is 21.1 Å². The smallest absolute Gasteiger partial charge is 0.178 e. The Labute approximate surface area is 83.7 Å². The summed E-state index contributed by atoms with van der Waals surface area (Å²) in [5, 5.41) is 0. The van der Waals surface area contributed by atoms with Gasteiger partial charge in [-0.3, -0.25) is 0 Å². The molecule has 4 heteroatoms. The molecule has 0 atom stereocenters. The fraction of sp³-hybridized carbons (Fsp3) is 0.300. The van der Waals surface area contributed by atoms with Gasteiger partial charge in [0.1, 0.15) is 6.29 Å².